The Balaban J connectivity index is 1.69. The van der Waals surface area contributed by atoms with Crippen LogP contribution in [0.2, 0.25) is 0 Å². The minimum Gasteiger partial charge on any atom is -0.508 e. The van der Waals surface area contributed by atoms with E-state index in [0.717, 1.165) is 39.9 Å². The van der Waals surface area contributed by atoms with E-state index in [1.807, 2.05) is 38.1 Å². The third-order valence-electron chi connectivity index (χ3n) is 6.24. The zero-order valence-electron chi connectivity index (χ0n) is 21.0. The van der Waals surface area contributed by atoms with Gasteiger partial charge < -0.3 is 26.0 Å². The van der Waals surface area contributed by atoms with Gasteiger partial charge in [-0.2, -0.15) is 0 Å². The van der Waals surface area contributed by atoms with Crippen LogP contribution in [0.15, 0.2) is 60.4 Å². The van der Waals surface area contributed by atoms with E-state index >= 15 is 0 Å². The molecule has 0 unspecified atom stereocenters. The molecule has 1 aliphatic rings. The number of nitrogens with zero attached hydrogens (tertiary/aromatic N) is 2. The van der Waals surface area contributed by atoms with Crippen molar-refractivity contribution in [3.8, 4) is 16.9 Å². The van der Waals surface area contributed by atoms with Gasteiger partial charge in [0.15, 0.2) is 0 Å². The normalized spacial score (nSPS) is 12.4. The number of hydrogen-bond acceptors (Lipinski definition) is 5. The first-order valence-electron chi connectivity index (χ1n) is 12.0. The van der Waals surface area contributed by atoms with Crippen LogP contribution in [-0.2, 0) is 11.2 Å². The molecule has 0 bridgehead atoms. The molecule has 0 fully saturated rings. The van der Waals surface area contributed by atoms with Crippen molar-refractivity contribution < 1.29 is 14.7 Å². The van der Waals surface area contributed by atoms with Crippen molar-refractivity contribution in [2.45, 2.75) is 26.7 Å². The van der Waals surface area contributed by atoms with Crippen molar-refractivity contribution in [2.75, 3.05) is 36.6 Å². The van der Waals surface area contributed by atoms with Gasteiger partial charge in [-0.15, -0.1) is 0 Å². The maximum absolute atomic E-state index is 13.5. The van der Waals surface area contributed by atoms with Crippen LogP contribution < -0.4 is 16.0 Å². The molecule has 4 rings (SSSR count). The molecular formula is C28H31N5O3. The Morgan fingerprint density at radius 2 is 1.78 bits per heavy atom. The van der Waals surface area contributed by atoms with Gasteiger partial charge >= 0.3 is 6.03 Å². The minimum atomic E-state index is -0.237. The Bertz CT molecular complexity index is 1350. The van der Waals surface area contributed by atoms with Crippen LogP contribution in [0.5, 0.6) is 5.75 Å². The molecule has 1 aromatic heterocycles. The summed E-state index contributed by atoms with van der Waals surface area (Å²) in [5, 5.41) is 19.3. The third-order valence-corrected chi connectivity index (χ3v) is 6.24. The monoisotopic (exact) mass is 485 g/mol. The van der Waals surface area contributed by atoms with Gasteiger partial charge in [0.2, 0.25) is 0 Å². The lowest BCUT2D eigenvalue weighted by molar-refractivity contribution is -0.111. The van der Waals surface area contributed by atoms with Crippen LogP contribution in [0.4, 0.5) is 21.9 Å². The summed E-state index contributed by atoms with van der Waals surface area (Å²) in [7, 11) is 3.35. The standard InChI is InChI=1S/C28H31N5O3/c1-5-17-11-21(8-10-25(17)34)31-27(35)26-18(6-2)15-30-24-9-7-19(13-23(24)26)20-12-22(16-29-14-20)32-28(36)33(3)4/h7-14,16,30,34H,5-6,15H2,1-4H3,(H,31,35)(H,32,36). The van der Waals surface area contributed by atoms with Crippen LogP contribution in [0.3, 0.4) is 0 Å². The van der Waals surface area contributed by atoms with E-state index in [2.05, 4.69) is 20.9 Å². The Hall–Kier alpha value is -4.33. The molecule has 0 saturated carbocycles. The number of aryl methyl sites for hydroxylation is 1. The smallest absolute Gasteiger partial charge is 0.321 e. The Labute approximate surface area is 211 Å². The number of fused-ring (bicyclic) bond motifs is 1. The largest absolute Gasteiger partial charge is 0.508 e. The molecular weight excluding hydrogens is 454 g/mol. The van der Waals surface area contributed by atoms with E-state index in [9.17, 15) is 14.7 Å². The minimum absolute atomic E-state index is 0.190. The molecule has 3 amide bonds. The van der Waals surface area contributed by atoms with Gasteiger partial charge in [-0.1, -0.05) is 19.9 Å². The molecule has 1 aliphatic heterocycles. The van der Waals surface area contributed by atoms with E-state index in [1.165, 1.54) is 4.90 Å². The molecule has 3 aromatic rings. The zero-order valence-corrected chi connectivity index (χ0v) is 21.0. The van der Waals surface area contributed by atoms with Crippen LogP contribution >= 0.6 is 0 Å². The number of carbonyl (C=O) groups is 2. The third kappa shape index (κ3) is 5.17. The molecule has 2 aromatic carbocycles. The highest BCUT2D eigenvalue weighted by atomic mass is 16.3. The number of urea groups is 1. The zero-order chi connectivity index (χ0) is 25.8. The fraction of sp³-hybridized carbons (Fsp3) is 0.250. The maximum Gasteiger partial charge on any atom is 0.321 e. The van der Waals surface area contributed by atoms with Crippen molar-refractivity contribution in [2.24, 2.45) is 0 Å². The SMILES string of the molecule is CCC1=C(C(=O)Nc2ccc(O)c(CC)c2)c2cc(-c3cncc(NC(=O)N(C)C)c3)ccc2NC1. The summed E-state index contributed by atoms with van der Waals surface area (Å²) >= 11 is 0. The average molecular weight is 486 g/mol. The van der Waals surface area contributed by atoms with Gasteiger partial charge in [0, 0.05) is 54.9 Å². The van der Waals surface area contributed by atoms with Crippen molar-refractivity contribution in [1.82, 2.24) is 9.88 Å². The number of carbonyl (C=O) groups excluding carboxylic acids is 2. The Kier molecular flexibility index (Phi) is 7.24. The predicted molar refractivity (Wildman–Crippen MR) is 144 cm³/mol. The number of benzene rings is 2. The van der Waals surface area contributed by atoms with Crippen molar-refractivity contribution >= 4 is 34.6 Å². The van der Waals surface area contributed by atoms with Crippen molar-refractivity contribution in [3.63, 3.8) is 0 Å². The van der Waals surface area contributed by atoms with Gasteiger partial charge in [-0.25, -0.2) is 4.79 Å². The lowest BCUT2D eigenvalue weighted by atomic mass is 9.90. The van der Waals surface area contributed by atoms with Crippen LogP contribution in [0, 0.1) is 0 Å². The molecule has 0 aliphatic carbocycles. The molecule has 4 N–H and O–H groups in total. The number of aromatic nitrogens is 1. The van der Waals surface area contributed by atoms with E-state index < -0.39 is 0 Å². The summed E-state index contributed by atoms with van der Waals surface area (Å²) in [6.45, 7) is 4.59. The summed E-state index contributed by atoms with van der Waals surface area (Å²) in [6, 6.07) is 12.7. The first-order chi connectivity index (χ1) is 17.3. The number of phenols is 1. The number of phenolic OH excluding ortho intramolecular Hbond substituents is 1. The second-order valence-electron chi connectivity index (χ2n) is 8.88. The molecule has 0 saturated heterocycles. The van der Waals surface area contributed by atoms with Crippen LogP contribution in [0.1, 0.15) is 31.4 Å². The topological polar surface area (TPSA) is 107 Å². The van der Waals surface area contributed by atoms with Gasteiger partial charge in [-0.05, 0) is 65.9 Å². The van der Waals surface area contributed by atoms with E-state index in [-0.39, 0.29) is 17.7 Å². The summed E-state index contributed by atoms with van der Waals surface area (Å²) in [6.07, 6.45) is 4.72. The number of aromatic hydroxyl groups is 1. The molecule has 8 heteroatoms. The number of pyridine rings is 1. The number of amides is 3. The quantitative estimate of drug-likeness (QED) is 0.353. The Morgan fingerprint density at radius 3 is 2.50 bits per heavy atom. The highest BCUT2D eigenvalue weighted by Gasteiger charge is 2.24. The summed E-state index contributed by atoms with van der Waals surface area (Å²) in [5.74, 6) is 0.0306. The van der Waals surface area contributed by atoms with Crippen molar-refractivity contribution in [3.05, 3.63) is 71.6 Å². The molecule has 186 valence electrons. The van der Waals surface area contributed by atoms with Crippen LogP contribution in [0.25, 0.3) is 16.7 Å². The first kappa shape index (κ1) is 24.8. The van der Waals surface area contributed by atoms with Gasteiger partial charge in [0.05, 0.1) is 11.9 Å². The second-order valence-corrected chi connectivity index (χ2v) is 8.88. The molecule has 0 spiro atoms. The summed E-state index contributed by atoms with van der Waals surface area (Å²) < 4.78 is 0. The number of nitrogens with one attached hydrogen (secondary N) is 3. The fourth-order valence-electron chi connectivity index (χ4n) is 4.19. The van der Waals surface area contributed by atoms with E-state index in [0.29, 0.717) is 29.9 Å². The number of anilines is 3. The molecule has 0 radical (unpaired) electrons. The predicted octanol–water partition coefficient (Wildman–Crippen LogP) is 5.34. The molecule has 2 heterocycles. The van der Waals surface area contributed by atoms with Gasteiger partial charge in [0.25, 0.3) is 5.91 Å². The number of hydrogen-bond donors (Lipinski definition) is 4. The summed E-state index contributed by atoms with van der Waals surface area (Å²) in [5.41, 5.74) is 7.05. The highest BCUT2D eigenvalue weighted by molar-refractivity contribution is 6.28. The van der Waals surface area contributed by atoms with Gasteiger partial charge in [-0.3, -0.25) is 9.78 Å². The average Bonchev–Trinajstić information content (AvgIpc) is 2.88. The van der Waals surface area contributed by atoms with Crippen molar-refractivity contribution in [1.29, 1.82) is 0 Å². The lowest BCUT2D eigenvalue weighted by Gasteiger charge is -2.25. The first-order valence-corrected chi connectivity index (χ1v) is 12.0. The van der Waals surface area contributed by atoms with Crippen LogP contribution in [-0.4, -0.2) is 47.6 Å². The Morgan fingerprint density at radius 1 is 0.972 bits per heavy atom. The molecule has 36 heavy (non-hydrogen) atoms. The van der Waals surface area contributed by atoms with E-state index in [4.69, 9.17) is 0 Å². The highest BCUT2D eigenvalue weighted by Crippen LogP contribution is 2.36. The second kappa shape index (κ2) is 10.5. The maximum atomic E-state index is 13.5. The van der Waals surface area contributed by atoms with E-state index in [1.54, 1.807) is 44.7 Å². The molecule has 0 atom stereocenters. The summed E-state index contributed by atoms with van der Waals surface area (Å²) in [4.78, 5) is 31.4. The fourth-order valence-corrected chi connectivity index (χ4v) is 4.19. The van der Waals surface area contributed by atoms with Gasteiger partial charge in [0.1, 0.15) is 5.75 Å². The molecule has 8 nitrogen and oxygen atoms in total. The lowest BCUT2D eigenvalue weighted by Crippen LogP contribution is -2.27. The number of rotatable bonds is 6.